The van der Waals surface area contributed by atoms with Crippen molar-refractivity contribution >= 4 is 22.9 Å². The van der Waals surface area contributed by atoms with Crippen LogP contribution in [0.4, 0.5) is 0 Å². The Morgan fingerprint density at radius 1 is 1.19 bits per heavy atom. The second kappa shape index (κ2) is 10.5. The van der Waals surface area contributed by atoms with E-state index in [0.29, 0.717) is 24.4 Å². The first kappa shape index (κ1) is 23.6. The SMILES string of the molecule is CCC(CC)n1c(Cc2ccco2)nc2cc(C(=O)N[C@H](CC(=O)O)CC(C)C)ccc21. The number of carbonyl (C=O) groups excluding carboxylic acids is 1. The van der Waals surface area contributed by atoms with Gasteiger partial charge in [-0.3, -0.25) is 9.59 Å². The maximum Gasteiger partial charge on any atom is 0.305 e. The predicted molar refractivity (Wildman–Crippen MR) is 124 cm³/mol. The van der Waals surface area contributed by atoms with Gasteiger partial charge >= 0.3 is 5.97 Å². The number of carboxylic acid groups (broad SMARTS) is 1. The minimum Gasteiger partial charge on any atom is -0.481 e. The molecule has 172 valence electrons. The molecule has 0 radical (unpaired) electrons. The van der Waals surface area contributed by atoms with E-state index in [1.54, 1.807) is 18.4 Å². The second-order valence-electron chi connectivity index (χ2n) is 8.73. The van der Waals surface area contributed by atoms with Crippen LogP contribution < -0.4 is 5.32 Å². The molecule has 2 aromatic heterocycles. The number of nitrogens with zero attached hydrogens (tertiary/aromatic N) is 2. The molecule has 0 aliphatic rings. The number of hydrogen-bond acceptors (Lipinski definition) is 4. The van der Waals surface area contributed by atoms with Crippen LogP contribution in [0.25, 0.3) is 11.0 Å². The van der Waals surface area contributed by atoms with Crippen LogP contribution in [0.2, 0.25) is 0 Å². The van der Waals surface area contributed by atoms with Gasteiger partial charge in [0.2, 0.25) is 0 Å². The van der Waals surface area contributed by atoms with E-state index in [4.69, 9.17) is 9.40 Å². The van der Waals surface area contributed by atoms with Gasteiger partial charge < -0.3 is 19.4 Å². The molecule has 0 unspecified atom stereocenters. The molecule has 0 saturated heterocycles. The number of nitrogens with one attached hydrogen (secondary N) is 1. The molecule has 0 aliphatic heterocycles. The number of amides is 1. The topological polar surface area (TPSA) is 97.4 Å². The zero-order valence-corrected chi connectivity index (χ0v) is 19.3. The molecule has 2 heterocycles. The number of rotatable bonds is 11. The van der Waals surface area contributed by atoms with Gasteiger partial charge in [-0.15, -0.1) is 0 Å². The summed E-state index contributed by atoms with van der Waals surface area (Å²) in [5.41, 5.74) is 2.22. The van der Waals surface area contributed by atoms with Crippen LogP contribution in [0.1, 0.15) is 81.4 Å². The maximum absolute atomic E-state index is 12.9. The first-order valence-electron chi connectivity index (χ1n) is 11.4. The fraction of sp³-hybridized carbons (Fsp3) is 0.480. The molecular formula is C25H33N3O4. The molecule has 1 atom stereocenters. The molecule has 7 heteroatoms. The van der Waals surface area contributed by atoms with E-state index in [1.165, 1.54) is 0 Å². The maximum atomic E-state index is 12.9. The van der Waals surface area contributed by atoms with Crippen molar-refractivity contribution in [3.63, 3.8) is 0 Å². The van der Waals surface area contributed by atoms with Crippen LogP contribution in [-0.4, -0.2) is 32.6 Å². The van der Waals surface area contributed by atoms with Gasteiger partial charge in [-0.25, -0.2) is 4.98 Å². The van der Waals surface area contributed by atoms with Crippen molar-refractivity contribution in [3.8, 4) is 0 Å². The molecule has 0 aliphatic carbocycles. The average Bonchev–Trinajstić information content (AvgIpc) is 3.36. The van der Waals surface area contributed by atoms with Crippen molar-refractivity contribution in [1.82, 2.24) is 14.9 Å². The Bertz CT molecular complexity index is 1050. The quantitative estimate of drug-likeness (QED) is 0.428. The number of hydrogen-bond donors (Lipinski definition) is 2. The van der Waals surface area contributed by atoms with Crippen LogP contribution in [0.15, 0.2) is 41.0 Å². The highest BCUT2D eigenvalue weighted by atomic mass is 16.4. The summed E-state index contributed by atoms with van der Waals surface area (Å²) in [5, 5.41) is 12.1. The van der Waals surface area contributed by atoms with E-state index in [0.717, 1.165) is 35.5 Å². The average molecular weight is 440 g/mol. The Hall–Kier alpha value is -3.09. The first-order valence-corrected chi connectivity index (χ1v) is 11.4. The molecule has 3 aromatic rings. The second-order valence-corrected chi connectivity index (χ2v) is 8.73. The lowest BCUT2D eigenvalue weighted by atomic mass is 10.0. The standard InChI is InChI=1S/C25H33N3O4/c1-5-19(6-2)28-22-10-9-17(25(31)26-18(12-16(3)4)14-24(29)30)13-21(22)27-23(28)15-20-8-7-11-32-20/h7-11,13,16,18-19H,5-6,12,14-15H2,1-4H3,(H,26,31)(H,29,30)/t18-/m0/s1. The lowest BCUT2D eigenvalue weighted by molar-refractivity contribution is -0.137. The fourth-order valence-electron chi connectivity index (χ4n) is 4.29. The normalized spacial score (nSPS) is 12.6. The zero-order chi connectivity index (χ0) is 23.3. The van der Waals surface area contributed by atoms with Crippen LogP contribution in [-0.2, 0) is 11.2 Å². The van der Waals surface area contributed by atoms with Gasteiger partial charge in [0.05, 0.1) is 30.1 Å². The largest absolute Gasteiger partial charge is 0.481 e. The van der Waals surface area contributed by atoms with Crippen molar-refractivity contribution in [2.24, 2.45) is 5.92 Å². The van der Waals surface area contributed by atoms with Crippen LogP contribution in [0.5, 0.6) is 0 Å². The third-order valence-corrected chi connectivity index (χ3v) is 5.76. The minimum atomic E-state index is -0.919. The molecule has 0 spiro atoms. The van der Waals surface area contributed by atoms with Gasteiger partial charge in [-0.2, -0.15) is 0 Å². The van der Waals surface area contributed by atoms with Crippen LogP contribution in [0.3, 0.4) is 0 Å². The highest BCUT2D eigenvalue weighted by Crippen LogP contribution is 2.28. The summed E-state index contributed by atoms with van der Waals surface area (Å²) >= 11 is 0. The lowest BCUT2D eigenvalue weighted by Gasteiger charge is -2.19. The number of aromatic nitrogens is 2. The highest BCUT2D eigenvalue weighted by molar-refractivity contribution is 5.97. The molecule has 7 nitrogen and oxygen atoms in total. The predicted octanol–water partition coefficient (Wildman–Crippen LogP) is 5.20. The third-order valence-electron chi connectivity index (χ3n) is 5.76. The Labute approximate surface area is 188 Å². The minimum absolute atomic E-state index is 0.0945. The van der Waals surface area contributed by atoms with Gasteiger partial charge in [-0.1, -0.05) is 27.7 Å². The van der Waals surface area contributed by atoms with Gasteiger partial charge in [0.1, 0.15) is 11.6 Å². The summed E-state index contributed by atoms with van der Waals surface area (Å²) in [6, 6.07) is 9.22. The summed E-state index contributed by atoms with van der Waals surface area (Å²) < 4.78 is 7.79. The Morgan fingerprint density at radius 3 is 2.53 bits per heavy atom. The number of carbonyl (C=O) groups is 2. The van der Waals surface area contributed by atoms with Gasteiger partial charge in [0.15, 0.2) is 0 Å². The van der Waals surface area contributed by atoms with Crippen LogP contribution >= 0.6 is 0 Å². The Balaban J connectivity index is 1.93. The molecular weight excluding hydrogens is 406 g/mol. The van der Waals surface area contributed by atoms with Crippen molar-refractivity contribution < 1.29 is 19.1 Å². The summed E-state index contributed by atoms with van der Waals surface area (Å²) in [7, 11) is 0. The fourth-order valence-corrected chi connectivity index (χ4v) is 4.29. The van der Waals surface area contributed by atoms with E-state index in [-0.39, 0.29) is 18.2 Å². The highest BCUT2D eigenvalue weighted by Gasteiger charge is 2.21. The molecule has 2 N–H and O–H groups in total. The monoisotopic (exact) mass is 439 g/mol. The van der Waals surface area contributed by atoms with E-state index >= 15 is 0 Å². The van der Waals surface area contributed by atoms with Crippen molar-refractivity contribution in [1.29, 1.82) is 0 Å². The van der Waals surface area contributed by atoms with Crippen LogP contribution in [0, 0.1) is 5.92 Å². The third kappa shape index (κ3) is 5.58. The summed E-state index contributed by atoms with van der Waals surface area (Å²) in [4.78, 5) is 29.0. The molecule has 1 amide bonds. The molecule has 0 saturated carbocycles. The number of furan rings is 1. The van der Waals surface area contributed by atoms with Crippen molar-refractivity contribution in [3.05, 3.63) is 53.7 Å². The van der Waals surface area contributed by atoms with Gasteiger partial charge in [0, 0.05) is 17.6 Å². The number of carboxylic acids is 1. The number of fused-ring (bicyclic) bond motifs is 1. The van der Waals surface area contributed by atoms with Crippen molar-refractivity contribution in [2.75, 3.05) is 0 Å². The number of imidazole rings is 1. The Morgan fingerprint density at radius 2 is 1.94 bits per heavy atom. The first-order chi connectivity index (χ1) is 15.3. The summed E-state index contributed by atoms with van der Waals surface area (Å²) in [6.45, 7) is 8.35. The number of aliphatic carboxylic acids is 1. The van der Waals surface area contributed by atoms with Gasteiger partial charge in [0.25, 0.3) is 5.91 Å². The van der Waals surface area contributed by atoms with E-state index < -0.39 is 12.0 Å². The van der Waals surface area contributed by atoms with E-state index in [9.17, 15) is 14.7 Å². The summed E-state index contributed by atoms with van der Waals surface area (Å²) in [5.74, 6) is 0.837. The lowest BCUT2D eigenvalue weighted by Crippen LogP contribution is -2.37. The van der Waals surface area contributed by atoms with Crippen molar-refractivity contribution in [2.45, 2.75) is 71.9 Å². The summed E-state index contributed by atoms with van der Waals surface area (Å²) in [6.07, 6.45) is 4.70. The smallest absolute Gasteiger partial charge is 0.305 e. The molecule has 0 bridgehead atoms. The van der Waals surface area contributed by atoms with Gasteiger partial charge in [-0.05, 0) is 55.5 Å². The molecule has 32 heavy (non-hydrogen) atoms. The molecule has 0 fully saturated rings. The van der Waals surface area contributed by atoms with E-state index in [1.807, 2.05) is 32.0 Å². The zero-order valence-electron chi connectivity index (χ0n) is 19.3. The van der Waals surface area contributed by atoms with E-state index in [2.05, 4.69) is 23.7 Å². The molecule has 1 aromatic carbocycles. The molecule has 3 rings (SSSR count). The Kier molecular flexibility index (Phi) is 7.72. The number of benzene rings is 1.